The number of halogens is 1. The van der Waals surface area contributed by atoms with E-state index < -0.39 is 0 Å². The Morgan fingerprint density at radius 2 is 1.96 bits per heavy atom. The Kier molecular flexibility index (Phi) is 3.38. The number of H-pyrrole nitrogens is 1. The lowest BCUT2D eigenvalue weighted by atomic mass is 10.1. The predicted octanol–water partition coefficient (Wildman–Crippen LogP) is 4.18. The van der Waals surface area contributed by atoms with Crippen molar-refractivity contribution in [2.75, 3.05) is 5.32 Å². The van der Waals surface area contributed by atoms with E-state index in [0.29, 0.717) is 27.8 Å². The standard InChI is InChI=1S/C19H10ClN7/c20-13-8-23-7-10(6-21)15(13)19-26-16-11-3-5-22-9-14(11)25-18-12(17(16)27-19)2-1-4-24-18/h1-5,7-9H,(H,24,25)(H,26,27). The lowest BCUT2D eigenvalue weighted by molar-refractivity contribution is 1.24. The third kappa shape index (κ3) is 2.35. The van der Waals surface area contributed by atoms with Crippen LogP contribution in [0, 0.1) is 11.3 Å². The molecule has 8 heteroatoms. The van der Waals surface area contributed by atoms with E-state index in [1.54, 1.807) is 18.6 Å². The maximum absolute atomic E-state index is 9.45. The van der Waals surface area contributed by atoms with Gasteiger partial charge in [0, 0.05) is 35.9 Å². The summed E-state index contributed by atoms with van der Waals surface area (Å²) in [5.41, 5.74) is 4.96. The van der Waals surface area contributed by atoms with Gasteiger partial charge in [0.2, 0.25) is 0 Å². The zero-order valence-corrected chi connectivity index (χ0v) is 14.5. The zero-order valence-electron chi connectivity index (χ0n) is 13.7. The lowest BCUT2D eigenvalue weighted by Crippen LogP contribution is -1.96. The Hall–Kier alpha value is -3.76. The van der Waals surface area contributed by atoms with Gasteiger partial charge >= 0.3 is 0 Å². The van der Waals surface area contributed by atoms with E-state index in [9.17, 15) is 5.26 Å². The molecule has 7 nitrogen and oxygen atoms in total. The minimum atomic E-state index is 0.353. The van der Waals surface area contributed by atoms with Crippen molar-refractivity contribution in [3.63, 3.8) is 0 Å². The third-order valence-electron chi connectivity index (χ3n) is 4.37. The summed E-state index contributed by atoms with van der Waals surface area (Å²) >= 11 is 6.33. The van der Waals surface area contributed by atoms with Gasteiger partial charge < -0.3 is 10.3 Å². The predicted molar refractivity (Wildman–Crippen MR) is 101 cm³/mol. The van der Waals surface area contributed by atoms with Crippen molar-refractivity contribution in [3.05, 3.63) is 59.8 Å². The zero-order chi connectivity index (χ0) is 18.4. The van der Waals surface area contributed by atoms with Gasteiger partial charge in [0.1, 0.15) is 23.4 Å². The molecule has 0 saturated carbocycles. The third-order valence-corrected chi connectivity index (χ3v) is 4.65. The average Bonchev–Trinajstić information content (AvgIpc) is 3.08. The highest BCUT2D eigenvalue weighted by Crippen LogP contribution is 2.43. The maximum atomic E-state index is 9.45. The van der Waals surface area contributed by atoms with E-state index in [1.807, 2.05) is 18.2 Å². The number of hydrogen-bond donors (Lipinski definition) is 2. The van der Waals surface area contributed by atoms with E-state index in [4.69, 9.17) is 16.6 Å². The SMILES string of the molecule is N#Cc1cncc(Cl)c1-c1nc2c([nH]1)-c1ccncc1Nc1ncccc1-2. The van der Waals surface area contributed by atoms with Gasteiger partial charge in [0.25, 0.3) is 0 Å². The van der Waals surface area contributed by atoms with Crippen LogP contribution in [0.1, 0.15) is 5.56 Å². The average molecular weight is 372 g/mol. The molecule has 0 bridgehead atoms. The van der Waals surface area contributed by atoms with Gasteiger partial charge in [-0.05, 0) is 18.2 Å². The molecule has 0 fully saturated rings. The fourth-order valence-corrected chi connectivity index (χ4v) is 3.43. The van der Waals surface area contributed by atoms with Crippen molar-refractivity contribution < 1.29 is 0 Å². The van der Waals surface area contributed by atoms with E-state index in [-0.39, 0.29) is 0 Å². The fraction of sp³-hybridized carbons (Fsp3) is 0. The second-order valence-electron chi connectivity index (χ2n) is 5.91. The molecule has 4 aromatic rings. The Morgan fingerprint density at radius 3 is 2.85 bits per heavy atom. The first-order valence-corrected chi connectivity index (χ1v) is 8.45. The number of imidazole rings is 1. The first-order valence-electron chi connectivity index (χ1n) is 8.07. The number of nitrogens with one attached hydrogen (secondary N) is 2. The number of aromatic amines is 1. The number of nitriles is 1. The summed E-state index contributed by atoms with van der Waals surface area (Å²) in [5, 5.41) is 13.1. The molecule has 4 aromatic heterocycles. The molecule has 0 atom stereocenters. The fourth-order valence-electron chi connectivity index (χ4n) is 3.18. The molecule has 0 amide bonds. The molecule has 0 aromatic carbocycles. The van der Waals surface area contributed by atoms with Crippen LogP contribution in [0.4, 0.5) is 11.5 Å². The molecule has 5 heterocycles. The van der Waals surface area contributed by atoms with Crippen LogP contribution in [0.5, 0.6) is 0 Å². The number of fused-ring (bicyclic) bond motifs is 5. The largest absolute Gasteiger partial charge is 0.338 e. The first-order chi connectivity index (χ1) is 13.3. The Morgan fingerprint density at radius 1 is 1.04 bits per heavy atom. The summed E-state index contributed by atoms with van der Waals surface area (Å²) in [6, 6.07) is 7.82. The van der Waals surface area contributed by atoms with Gasteiger partial charge in [-0.1, -0.05) is 11.6 Å². The van der Waals surface area contributed by atoms with Crippen molar-refractivity contribution in [3.8, 4) is 40.0 Å². The molecule has 0 spiro atoms. The second-order valence-corrected chi connectivity index (χ2v) is 6.32. The van der Waals surface area contributed by atoms with Crippen LogP contribution < -0.4 is 5.32 Å². The van der Waals surface area contributed by atoms with E-state index in [2.05, 4.69) is 31.3 Å². The molecule has 27 heavy (non-hydrogen) atoms. The van der Waals surface area contributed by atoms with Crippen molar-refractivity contribution in [2.24, 2.45) is 0 Å². The summed E-state index contributed by atoms with van der Waals surface area (Å²) in [7, 11) is 0. The summed E-state index contributed by atoms with van der Waals surface area (Å²) in [5.74, 6) is 1.19. The molecule has 1 aliphatic heterocycles. The normalized spacial score (nSPS) is 11.4. The number of nitrogens with zero attached hydrogens (tertiary/aromatic N) is 5. The van der Waals surface area contributed by atoms with Gasteiger partial charge in [-0.3, -0.25) is 9.97 Å². The van der Waals surface area contributed by atoms with Crippen LogP contribution in [0.2, 0.25) is 5.02 Å². The van der Waals surface area contributed by atoms with E-state index >= 15 is 0 Å². The Bertz CT molecular complexity index is 1180. The van der Waals surface area contributed by atoms with Gasteiger partial charge in [-0.15, -0.1) is 0 Å². The molecule has 0 radical (unpaired) electrons. The maximum Gasteiger partial charge on any atom is 0.141 e. The molecule has 5 rings (SSSR count). The monoisotopic (exact) mass is 371 g/mol. The summed E-state index contributed by atoms with van der Waals surface area (Å²) in [6.45, 7) is 0. The topological polar surface area (TPSA) is 103 Å². The minimum Gasteiger partial charge on any atom is -0.338 e. The highest BCUT2D eigenvalue weighted by atomic mass is 35.5. The van der Waals surface area contributed by atoms with E-state index in [1.165, 1.54) is 12.4 Å². The molecule has 0 aliphatic carbocycles. The van der Waals surface area contributed by atoms with Crippen LogP contribution in [-0.2, 0) is 0 Å². The molecule has 128 valence electrons. The van der Waals surface area contributed by atoms with Crippen LogP contribution in [0.15, 0.2) is 49.2 Å². The van der Waals surface area contributed by atoms with Gasteiger partial charge in [0.05, 0.1) is 33.7 Å². The van der Waals surface area contributed by atoms with Crippen molar-refractivity contribution in [2.45, 2.75) is 0 Å². The number of pyridine rings is 3. The summed E-state index contributed by atoms with van der Waals surface area (Å²) in [4.78, 5) is 20.7. The van der Waals surface area contributed by atoms with Gasteiger partial charge in [0.15, 0.2) is 0 Å². The number of hydrogen-bond acceptors (Lipinski definition) is 6. The van der Waals surface area contributed by atoms with Crippen LogP contribution in [0.3, 0.4) is 0 Å². The van der Waals surface area contributed by atoms with Gasteiger partial charge in [-0.2, -0.15) is 5.26 Å². The lowest BCUT2D eigenvalue weighted by Gasteiger charge is -2.08. The molecule has 2 N–H and O–H groups in total. The molecular formula is C19H10ClN7. The number of rotatable bonds is 1. The summed E-state index contributed by atoms with van der Waals surface area (Å²) < 4.78 is 0. The van der Waals surface area contributed by atoms with Crippen molar-refractivity contribution in [1.29, 1.82) is 5.26 Å². The van der Waals surface area contributed by atoms with Crippen molar-refractivity contribution >= 4 is 23.1 Å². The molecule has 0 saturated heterocycles. The molecule has 1 aliphatic rings. The molecular weight excluding hydrogens is 362 g/mol. The second kappa shape index (κ2) is 5.90. The van der Waals surface area contributed by atoms with Crippen LogP contribution in [0.25, 0.3) is 33.9 Å². The van der Waals surface area contributed by atoms with Crippen LogP contribution in [-0.4, -0.2) is 24.9 Å². The highest BCUT2D eigenvalue weighted by molar-refractivity contribution is 6.33. The highest BCUT2D eigenvalue weighted by Gasteiger charge is 2.25. The van der Waals surface area contributed by atoms with E-state index in [0.717, 1.165) is 28.2 Å². The summed E-state index contributed by atoms with van der Waals surface area (Å²) in [6.07, 6.45) is 8.15. The quantitative estimate of drug-likeness (QED) is 0.458. The minimum absolute atomic E-state index is 0.353. The Labute approximate surface area is 158 Å². The molecule has 0 unspecified atom stereocenters. The number of aromatic nitrogens is 5. The van der Waals surface area contributed by atoms with Gasteiger partial charge in [-0.25, -0.2) is 9.97 Å². The first kappa shape index (κ1) is 15.5. The Balaban J connectivity index is 1.84. The van der Waals surface area contributed by atoms with Crippen LogP contribution >= 0.6 is 11.6 Å². The van der Waals surface area contributed by atoms with Crippen molar-refractivity contribution in [1.82, 2.24) is 24.9 Å². The number of anilines is 2. The smallest absolute Gasteiger partial charge is 0.141 e.